The molecule has 0 aliphatic rings. The molecule has 0 saturated carbocycles. The molecular weight excluding hydrogens is 250 g/mol. The van der Waals surface area contributed by atoms with Crippen molar-refractivity contribution in [1.82, 2.24) is 4.98 Å². The van der Waals surface area contributed by atoms with Gasteiger partial charge in [-0.1, -0.05) is 18.5 Å². The maximum atomic E-state index is 10.9. The lowest BCUT2D eigenvalue weighted by atomic mass is 10.3. The molecule has 4 nitrogen and oxygen atoms in total. The summed E-state index contributed by atoms with van der Waals surface area (Å²) in [7, 11) is 0. The smallest absolute Gasteiger partial charge is 0.373 e. The fraction of sp³-hybridized carbons (Fsp3) is 0.200. The summed E-state index contributed by atoms with van der Waals surface area (Å²) in [6.45, 7) is 1.83. The predicted molar refractivity (Wildman–Crippen MR) is 61.2 cm³/mol. The van der Waals surface area contributed by atoms with E-state index in [9.17, 15) is 4.79 Å². The third kappa shape index (κ3) is 1.96. The molecule has 0 saturated heterocycles. The Morgan fingerprint density at radius 1 is 1.62 bits per heavy atom. The van der Waals surface area contributed by atoms with Gasteiger partial charge in [-0.2, -0.15) is 0 Å². The lowest BCUT2D eigenvalue weighted by molar-refractivity contribution is 0.0662. The van der Waals surface area contributed by atoms with Crippen LogP contribution in [0, 0.1) is 0 Å². The number of carboxylic acid groups (broad SMARTS) is 1. The number of oxazole rings is 1. The third-order valence-electron chi connectivity index (χ3n) is 2.01. The molecule has 0 fully saturated rings. The van der Waals surface area contributed by atoms with Gasteiger partial charge in [0, 0.05) is 0 Å². The Hall–Kier alpha value is -1.33. The number of aryl methyl sites for hydroxylation is 1. The van der Waals surface area contributed by atoms with Crippen LogP contribution < -0.4 is 0 Å². The quantitative estimate of drug-likeness (QED) is 0.916. The summed E-state index contributed by atoms with van der Waals surface area (Å²) in [6, 6.07) is 3.47. The molecule has 2 rings (SSSR count). The van der Waals surface area contributed by atoms with Gasteiger partial charge in [0.15, 0.2) is 0 Å². The number of carboxylic acids is 1. The highest BCUT2D eigenvalue weighted by molar-refractivity contribution is 7.19. The van der Waals surface area contributed by atoms with Crippen LogP contribution in [0.3, 0.4) is 0 Å². The molecule has 16 heavy (non-hydrogen) atoms. The van der Waals surface area contributed by atoms with Gasteiger partial charge in [0.05, 0.1) is 14.9 Å². The Bertz CT molecular complexity index is 532. The fourth-order valence-corrected chi connectivity index (χ4v) is 2.26. The summed E-state index contributed by atoms with van der Waals surface area (Å²) in [4.78, 5) is 15.7. The van der Waals surface area contributed by atoms with Gasteiger partial charge >= 0.3 is 5.97 Å². The lowest BCUT2D eigenvalue weighted by Gasteiger charge is -1.88. The number of hydrogen-bond acceptors (Lipinski definition) is 4. The topological polar surface area (TPSA) is 63.3 Å². The molecule has 0 aliphatic carbocycles. The molecule has 0 aliphatic heterocycles. The van der Waals surface area contributed by atoms with Gasteiger partial charge in [0.2, 0.25) is 11.7 Å². The van der Waals surface area contributed by atoms with E-state index in [0.29, 0.717) is 22.3 Å². The molecule has 0 aromatic carbocycles. The Balaban J connectivity index is 2.47. The average Bonchev–Trinajstić information content (AvgIpc) is 2.82. The molecule has 0 atom stereocenters. The zero-order valence-corrected chi connectivity index (χ0v) is 9.93. The van der Waals surface area contributed by atoms with Crippen molar-refractivity contribution in [1.29, 1.82) is 0 Å². The van der Waals surface area contributed by atoms with Crippen LogP contribution in [-0.2, 0) is 6.42 Å². The summed E-state index contributed by atoms with van der Waals surface area (Å²) < 4.78 is 5.82. The summed E-state index contributed by atoms with van der Waals surface area (Å²) in [5.41, 5.74) is 0.451. The normalized spacial score (nSPS) is 10.6. The average molecular weight is 258 g/mol. The first-order chi connectivity index (χ1) is 7.61. The van der Waals surface area contributed by atoms with Crippen LogP contribution in [0.1, 0.15) is 23.2 Å². The van der Waals surface area contributed by atoms with Crippen LogP contribution in [0.4, 0.5) is 0 Å². The van der Waals surface area contributed by atoms with E-state index >= 15 is 0 Å². The Morgan fingerprint density at radius 2 is 2.38 bits per heavy atom. The van der Waals surface area contributed by atoms with Crippen molar-refractivity contribution >= 4 is 28.9 Å². The second-order valence-electron chi connectivity index (χ2n) is 3.06. The van der Waals surface area contributed by atoms with Crippen molar-refractivity contribution in [3.05, 3.63) is 27.9 Å². The number of aromatic carboxylic acids is 1. The molecule has 0 spiro atoms. The molecule has 2 heterocycles. The van der Waals surface area contributed by atoms with Gasteiger partial charge in [-0.15, -0.1) is 11.3 Å². The monoisotopic (exact) mass is 257 g/mol. The second kappa shape index (κ2) is 4.27. The van der Waals surface area contributed by atoms with Gasteiger partial charge in [0.1, 0.15) is 0 Å². The zero-order valence-electron chi connectivity index (χ0n) is 8.36. The number of thiophene rings is 1. The fourth-order valence-electron chi connectivity index (χ4n) is 1.29. The highest BCUT2D eigenvalue weighted by Crippen LogP contribution is 2.31. The van der Waals surface area contributed by atoms with Gasteiger partial charge < -0.3 is 9.52 Å². The standard InChI is InChI=1S/C10H8ClNO3S/c1-2-5-8(10(13)14)15-9(12-5)6-3-4-7(11)16-6/h3-4H,2H2,1H3,(H,13,14). The first-order valence-corrected chi connectivity index (χ1v) is 5.80. The second-order valence-corrected chi connectivity index (χ2v) is 4.77. The Morgan fingerprint density at radius 3 is 2.81 bits per heavy atom. The van der Waals surface area contributed by atoms with Crippen LogP contribution in [0.2, 0.25) is 4.34 Å². The van der Waals surface area contributed by atoms with E-state index in [-0.39, 0.29) is 5.76 Å². The molecule has 0 radical (unpaired) electrons. The van der Waals surface area contributed by atoms with Gasteiger partial charge in [-0.05, 0) is 18.6 Å². The van der Waals surface area contributed by atoms with E-state index in [1.165, 1.54) is 11.3 Å². The summed E-state index contributed by atoms with van der Waals surface area (Å²) in [5.74, 6) is -0.883. The number of aromatic nitrogens is 1. The maximum Gasteiger partial charge on any atom is 0.373 e. The van der Waals surface area contributed by atoms with Gasteiger partial charge in [0.25, 0.3) is 0 Å². The highest BCUT2D eigenvalue weighted by atomic mass is 35.5. The molecule has 84 valence electrons. The maximum absolute atomic E-state index is 10.9. The minimum Gasteiger partial charge on any atom is -0.475 e. The van der Waals surface area contributed by atoms with Crippen molar-refractivity contribution in [2.75, 3.05) is 0 Å². The highest BCUT2D eigenvalue weighted by Gasteiger charge is 2.19. The lowest BCUT2D eigenvalue weighted by Crippen LogP contribution is -1.98. The van der Waals surface area contributed by atoms with Crippen molar-refractivity contribution in [3.63, 3.8) is 0 Å². The largest absolute Gasteiger partial charge is 0.475 e. The number of carbonyl (C=O) groups is 1. The van der Waals surface area contributed by atoms with Crippen LogP contribution in [0.25, 0.3) is 10.8 Å². The SMILES string of the molecule is CCc1nc(-c2ccc(Cl)s2)oc1C(=O)O. The molecule has 0 bridgehead atoms. The van der Waals surface area contributed by atoms with Crippen LogP contribution >= 0.6 is 22.9 Å². The van der Waals surface area contributed by atoms with Crippen LogP contribution in [0.15, 0.2) is 16.5 Å². The first kappa shape index (κ1) is 11.2. The van der Waals surface area contributed by atoms with E-state index in [1.54, 1.807) is 12.1 Å². The van der Waals surface area contributed by atoms with Crippen molar-refractivity contribution in [2.45, 2.75) is 13.3 Å². The molecule has 0 unspecified atom stereocenters. The van der Waals surface area contributed by atoms with Crippen LogP contribution in [0.5, 0.6) is 0 Å². The molecule has 2 aromatic heterocycles. The predicted octanol–water partition coefficient (Wildman–Crippen LogP) is 3.32. The molecule has 6 heteroatoms. The Labute approximate surface area is 100 Å². The van der Waals surface area contributed by atoms with Gasteiger partial charge in [-0.25, -0.2) is 9.78 Å². The van der Waals surface area contributed by atoms with E-state index in [1.807, 2.05) is 6.92 Å². The number of rotatable bonds is 3. The number of hydrogen-bond donors (Lipinski definition) is 1. The van der Waals surface area contributed by atoms with E-state index in [0.717, 1.165) is 4.88 Å². The zero-order chi connectivity index (χ0) is 11.7. The molecule has 2 aromatic rings. The van der Waals surface area contributed by atoms with Crippen molar-refractivity contribution < 1.29 is 14.3 Å². The van der Waals surface area contributed by atoms with E-state index < -0.39 is 5.97 Å². The van der Waals surface area contributed by atoms with Crippen LogP contribution in [-0.4, -0.2) is 16.1 Å². The number of halogens is 1. The summed E-state index contributed by atoms with van der Waals surface area (Å²) in [6.07, 6.45) is 0.518. The van der Waals surface area contributed by atoms with Crippen molar-refractivity contribution in [3.8, 4) is 10.8 Å². The minimum atomic E-state index is -1.10. The first-order valence-electron chi connectivity index (χ1n) is 4.60. The van der Waals surface area contributed by atoms with Gasteiger partial charge in [-0.3, -0.25) is 0 Å². The molecule has 1 N–H and O–H groups in total. The third-order valence-corrected chi connectivity index (χ3v) is 3.23. The number of nitrogens with zero attached hydrogens (tertiary/aromatic N) is 1. The molecule has 0 amide bonds. The van der Waals surface area contributed by atoms with Crippen molar-refractivity contribution in [2.24, 2.45) is 0 Å². The summed E-state index contributed by atoms with van der Waals surface area (Å²) in [5, 5.41) is 8.91. The Kier molecular flexibility index (Phi) is 2.98. The van der Waals surface area contributed by atoms with E-state index in [4.69, 9.17) is 21.1 Å². The summed E-state index contributed by atoms with van der Waals surface area (Å²) >= 11 is 7.09. The minimum absolute atomic E-state index is 0.0953. The molecular formula is C10H8ClNO3S. The van der Waals surface area contributed by atoms with E-state index in [2.05, 4.69) is 4.98 Å².